The van der Waals surface area contributed by atoms with Gasteiger partial charge in [0, 0.05) is 58.2 Å². The monoisotopic (exact) mass is 383 g/mol. The molecule has 26 heavy (non-hydrogen) atoms. The third-order valence-corrected chi connectivity index (χ3v) is 5.03. The van der Waals surface area contributed by atoms with E-state index in [1.54, 1.807) is 18.4 Å². The lowest BCUT2D eigenvalue weighted by Crippen LogP contribution is -2.38. The fourth-order valence-corrected chi connectivity index (χ4v) is 3.63. The summed E-state index contributed by atoms with van der Waals surface area (Å²) in [5.74, 6) is 0.861. The average molecular weight is 384 g/mol. The van der Waals surface area contributed by atoms with Gasteiger partial charge in [0.25, 0.3) is 0 Å². The lowest BCUT2D eigenvalue weighted by atomic mass is 10.3. The molecular formula is C18H33N5O2S. The van der Waals surface area contributed by atoms with Gasteiger partial charge in [0.05, 0.1) is 18.9 Å². The molecule has 2 rings (SSSR count). The molecule has 0 spiro atoms. The summed E-state index contributed by atoms with van der Waals surface area (Å²) >= 11 is 1.76. The predicted molar refractivity (Wildman–Crippen MR) is 109 cm³/mol. The Bertz CT molecular complexity index is 517. The third-order valence-electron chi connectivity index (χ3n) is 4.08. The van der Waals surface area contributed by atoms with Gasteiger partial charge in [0.2, 0.25) is 0 Å². The second-order valence-electron chi connectivity index (χ2n) is 6.21. The Morgan fingerprint density at radius 1 is 1.27 bits per heavy atom. The van der Waals surface area contributed by atoms with Crippen molar-refractivity contribution in [3.05, 3.63) is 11.1 Å². The maximum atomic E-state index is 5.45. The molecular weight excluding hydrogens is 350 g/mol. The van der Waals surface area contributed by atoms with Gasteiger partial charge >= 0.3 is 0 Å². The van der Waals surface area contributed by atoms with Crippen LogP contribution in [0.15, 0.2) is 10.4 Å². The predicted octanol–water partition coefficient (Wildman–Crippen LogP) is 1.89. The zero-order valence-corrected chi connectivity index (χ0v) is 16.9. The second-order valence-corrected chi connectivity index (χ2v) is 7.05. The number of thiazole rings is 1. The molecule has 1 aromatic heterocycles. The summed E-state index contributed by atoms with van der Waals surface area (Å²) in [6.07, 6.45) is 4.40. The molecule has 0 aliphatic carbocycles. The van der Waals surface area contributed by atoms with Crippen LogP contribution in [0, 0.1) is 0 Å². The van der Waals surface area contributed by atoms with Gasteiger partial charge in [-0.2, -0.15) is 0 Å². The highest BCUT2D eigenvalue weighted by Gasteiger charge is 2.15. The first-order chi connectivity index (χ1) is 12.8. The Morgan fingerprint density at radius 2 is 2.12 bits per heavy atom. The van der Waals surface area contributed by atoms with E-state index in [-0.39, 0.29) is 0 Å². The van der Waals surface area contributed by atoms with Crippen LogP contribution in [0.5, 0.6) is 0 Å². The number of hydrogen-bond acceptors (Lipinski definition) is 6. The van der Waals surface area contributed by atoms with E-state index in [4.69, 9.17) is 14.5 Å². The second kappa shape index (κ2) is 12.9. The first-order valence-corrected chi connectivity index (χ1v) is 10.5. The minimum absolute atomic E-state index is 0.642. The van der Waals surface area contributed by atoms with Crippen molar-refractivity contribution < 1.29 is 9.47 Å². The van der Waals surface area contributed by atoms with E-state index in [1.165, 1.54) is 18.0 Å². The zero-order valence-electron chi connectivity index (χ0n) is 16.1. The number of aliphatic imine (C=N–C) groups is 1. The third kappa shape index (κ3) is 7.88. The number of hydrogen-bond donors (Lipinski definition) is 2. The largest absolute Gasteiger partial charge is 0.382 e. The van der Waals surface area contributed by atoms with Crippen LogP contribution in [-0.2, 0) is 15.9 Å². The molecule has 1 aromatic rings. The van der Waals surface area contributed by atoms with E-state index in [2.05, 4.69) is 32.8 Å². The first kappa shape index (κ1) is 20.9. The molecule has 0 atom stereocenters. The van der Waals surface area contributed by atoms with Crippen molar-refractivity contribution in [3.63, 3.8) is 0 Å². The molecule has 1 aliphatic rings. The standard InChI is InChI=1S/C18H33N5O2S/c1-3-19-17(20-8-6-12-25-14-13-24-2)21-9-7-16-15-26-18(22-16)23-10-4-5-11-23/h15H,3-14H2,1-2H3,(H2,19,20,21). The molecule has 0 bridgehead atoms. The van der Waals surface area contributed by atoms with Gasteiger partial charge in [0.15, 0.2) is 11.1 Å². The smallest absolute Gasteiger partial charge is 0.191 e. The summed E-state index contributed by atoms with van der Waals surface area (Å²) in [6, 6.07) is 0. The van der Waals surface area contributed by atoms with Gasteiger partial charge in [0.1, 0.15) is 0 Å². The minimum Gasteiger partial charge on any atom is -0.382 e. The van der Waals surface area contributed by atoms with Crippen LogP contribution in [0.4, 0.5) is 5.13 Å². The van der Waals surface area contributed by atoms with Crippen molar-refractivity contribution in [2.45, 2.75) is 32.6 Å². The number of guanidine groups is 1. The SMILES string of the molecule is CCNC(=NCCCOCCOC)NCCc1csc(N2CCCC2)n1. The van der Waals surface area contributed by atoms with E-state index >= 15 is 0 Å². The molecule has 0 aromatic carbocycles. The number of aromatic nitrogens is 1. The van der Waals surface area contributed by atoms with E-state index < -0.39 is 0 Å². The number of nitrogens with zero attached hydrogens (tertiary/aromatic N) is 3. The highest BCUT2D eigenvalue weighted by atomic mass is 32.1. The van der Waals surface area contributed by atoms with Crippen LogP contribution < -0.4 is 15.5 Å². The summed E-state index contributed by atoms with van der Waals surface area (Å²) in [5.41, 5.74) is 1.16. The summed E-state index contributed by atoms with van der Waals surface area (Å²) < 4.78 is 10.4. The maximum absolute atomic E-state index is 5.45. The fraction of sp³-hybridized carbons (Fsp3) is 0.778. The molecule has 2 heterocycles. The number of methoxy groups -OCH3 is 1. The molecule has 0 unspecified atom stereocenters. The highest BCUT2D eigenvalue weighted by Crippen LogP contribution is 2.24. The number of anilines is 1. The van der Waals surface area contributed by atoms with Gasteiger partial charge in [-0.1, -0.05) is 0 Å². The van der Waals surface area contributed by atoms with E-state index in [1.807, 2.05) is 0 Å². The summed E-state index contributed by atoms with van der Waals surface area (Å²) in [5, 5.41) is 10.0. The molecule has 7 nitrogen and oxygen atoms in total. The van der Waals surface area contributed by atoms with Crippen LogP contribution in [0.2, 0.25) is 0 Å². The average Bonchev–Trinajstić information content (AvgIpc) is 3.32. The summed E-state index contributed by atoms with van der Waals surface area (Å²) in [4.78, 5) is 11.7. The number of rotatable bonds is 12. The minimum atomic E-state index is 0.642. The van der Waals surface area contributed by atoms with Crippen molar-refractivity contribution in [3.8, 4) is 0 Å². The van der Waals surface area contributed by atoms with Crippen molar-refractivity contribution >= 4 is 22.4 Å². The highest BCUT2D eigenvalue weighted by molar-refractivity contribution is 7.13. The Kier molecular flexibility index (Phi) is 10.4. The number of nitrogens with one attached hydrogen (secondary N) is 2. The molecule has 8 heteroatoms. The fourth-order valence-electron chi connectivity index (χ4n) is 2.72. The quantitative estimate of drug-likeness (QED) is 0.326. The Morgan fingerprint density at radius 3 is 2.88 bits per heavy atom. The number of ether oxygens (including phenoxy) is 2. The Labute approximate surface area is 161 Å². The lowest BCUT2D eigenvalue weighted by molar-refractivity contribution is 0.0702. The lowest BCUT2D eigenvalue weighted by Gasteiger charge is -2.12. The van der Waals surface area contributed by atoms with Crippen molar-refractivity contribution in [2.75, 3.05) is 64.6 Å². The van der Waals surface area contributed by atoms with Gasteiger partial charge in [-0.05, 0) is 26.2 Å². The molecule has 0 amide bonds. The van der Waals surface area contributed by atoms with Gasteiger partial charge < -0.3 is 25.0 Å². The van der Waals surface area contributed by atoms with Gasteiger partial charge in [-0.15, -0.1) is 11.3 Å². The van der Waals surface area contributed by atoms with Crippen molar-refractivity contribution in [2.24, 2.45) is 4.99 Å². The summed E-state index contributed by atoms with van der Waals surface area (Å²) in [7, 11) is 1.68. The topological polar surface area (TPSA) is 71.0 Å². The molecule has 2 N–H and O–H groups in total. The molecule has 1 fully saturated rings. The Balaban J connectivity index is 1.64. The normalized spacial score (nSPS) is 14.8. The van der Waals surface area contributed by atoms with Crippen molar-refractivity contribution in [1.82, 2.24) is 15.6 Å². The molecule has 0 radical (unpaired) electrons. The van der Waals surface area contributed by atoms with Crippen LogP contribution in [-0.4, -0.2) is 70.6 Å². The van der Waals surface area contributed by atoms with E-state index in [9.17, 15) is 0 Å². The van der Waals surface area contributed by atoms with Crippen LogP contribution in [0.1, 0.15) is 31.9 Å². The van der Waals surface area contributed by atoms with Crippen LogP contribution in [0.25, 0.3) is 0 Å². The molecule has 148 valence electrons. The van der Waals surface area contributed by atoms with E-state index in [0.29, 0.717) is 19.8 Å². The molecule has 1 saturated heterocycles. The van der Waals surface area contributed by atoms with Gasteiger partial charge in [-0.3, -0.25) is 4.99 Å². The Hall–Kier alpha value is -1.38. The van der Waals surface area contributed by atoms with Crippen molar-refractivity contribution in [1.29, 1.82) is 0 Å². The van der Waals surface area contributed by atoms with Crippen LogP contribution >= 0.6 is 11.3 Å². The molecule has 1 aliphatic heterocycles. The molecule has 0 saturated carbocycles. The zero-order chi connectivity index (χ0) is 18.5. The van der Waals surface area contributed by atoms with Gasteiger partial charge in [-0.25, -0.2) is 4.98 Å². The first-order valence-electron chi connectivity index (χ1n) is 9.61. The maximum Gasteiger partial charge on any atom is 0.191 e. The summed E-state index contributed by atoms with van der Waals surface area (Å²) in [6.45, 7) is 8.81. The van der Waals surface area contributed by atoms with Crippen LogP contribution in [0.3, 0.4) is 0 Å². The van der Waals surface area contributed by atoms with E-state index in [0.717, 1.165) is 57.2 Å².